The van der Waals surface area contributed by atoms with Crippen LogP contribution < -0.4 is 5.56 Å². The molecule has 1 heterocycles. The van der Waals surface area contributed by atoms with Crippen LogP contribution in [0.25, 0.3) is 0 Å². The van der Waals surface area contributed by atoms with E-state index in [4.69, 9.17) is 0 Å². The van der Waals surface area contributed by atoms with E-state index in [0.717, 1.165) is 47.5 Å². The second-order valence-electron chi connectivity index (χ2n) is 7.92. The molecule has 0 bridgehead atoms. The third-order valence-corrected chi connectivity index (χ3v) is 13.5. The molecule has 3 nitrogen and oxygen atoms in total. The van der Waals surface area contributed by atoms with E-state index in [1.54, 1.807) is 0 Å². The minimum atomic E-state index is -1.53. The highest BCUT2D eigenvalue weighted by molar-refractivity contribution is 6.82. The lowest BCUT2D eigenvalue weighted by molar-refractivity contribution is 0.654. The molecule has 2 rings (SSSR count). The van der Waals surface area contributed by atoms with Crippen LogP contribution in [0, 0.1) is 0 Å². The summed E-state index contributed by atoms with van der Waals surface area (Å²) < 4.78 is 0. The average Bonchev–Trinajstić information content (AvgIpc) is 2.46. The van der Waals surface area contributed by atoms with Crippen LogP contribution >= 0.6 is 0 Å². The lowest BCUT2D eigenvalue weighted by Gasteiger charge is -2.43. The highest BCUT2D eigenvalue weighted by atomic mass is 28.3. The highest BCUT2D eigenvalue weighted by Crippen LogP contribution is 2.44. The van der Waals surface area contributed by atoms with Gasteiger partial charge in [-0.15, -0.1) is 0 Å². The van der Waals surface area contributed by atoms with Gasteiger partial charge in [0.2, 0.25) is 0 Å². The Balaban J connectivity index is 2.50. The van der Waals surface area contributed by atoms with Gasteiger partial charge in [-0.3, -0.25) is 4.79 Å². The van der Waals surface area contributed by atoms with Crippen LogP contribution in [0.1, 0.15) is 71.2 Å². The van der Waals surface area contributed by atoms with Gasteiger partial charge in [0.25, 0.3) is 5.56 Å². The maximum Gasteiger partial charge on any atom is 0.267 e. The molecule has 0 saturated heterocycles. The summed E-state index contributed by atoms with van der Waals surface area (Å²) in [5.74, 6) is 0. The van der Waals surface area contributed by atoms with Gasteiger partial charge in [-0.25, -0.2) is 5.10 Å². The van der Waals surface area contributed by atoms with Crippen LogP contribution in [0.5, 0.6) is 0 Å². The fraction of sp³-hybridized carbons (Fsp3) is 0.778. The minimum absolute atomic E-state index is 0.0457. The quantitative estimate of drug-likeness (QED) is 0.817. The molecule has 1 aromatic heterocycles. The van der Waals surface area contributed by atoms with Crippen LogP contribution in [-0.4, -0.2) is 18.3 Å². The van der Waals surface area contributed by atoms with Gasteiger partial charge in [-0.05, 0) is 37.3 Å². The topological polar surface area (TPSA) is 45.8 Å². The summed E-state index contributed by atoms with van der Waals surface area (Å²) in [4.78, 5) is 12.1. The molecular weight excluding hydrogens is 288 g/mol. The number of hydrogen-bond donors (Lipinski definition) is 1. The summed E-state index contributed by atoms with van der Waals surface area (Å²) >= 11 is 0. The molecule has 0 atom stereocenters. The Bertz CT molecular complexity index is 553. The van der Waals surface area contributed by atoms with Crippen LogP contribution in [0.4, 0.5) is 0 Å². The monoisotopic (exact) mass is 320 g/mol. The predicted octanol–water partition coefficient (Wildman–Crippen LogP) is 4.41. The standard InChI is InChI=1S/C18H32N2OSi/c1-12(2)22(13(3)4,14(5)6)11-17-15-9-7-8-10-16(15)18(21)20-19-17/h12-14H,7-11H2,1-6H3,(H,20,21). The van der Waals surface area contributed by atoms with Gasteiger partial charge in [0.15, 0.2) is 0 Å². The number of aromatic amines is 1. The van der Waals surface area contributed by atoms with Gasteiger partial charge in [0.1, 0.15) is 0 Å². The molecule has 0 amide bonds. The van der Waals surface area contributed by atoms with Crippen molar-refractivity contribution in [1.29, 1.82) is 0 Å². The summed E-state index contributed by atoms with van der Waals surface area (Å²) in [7, 11) is -1.53. The SMILES string of the molecule is CC(C)[Si](Cc1n[nH]c(=O)c2c1CCCC2)(C(C)C)C(C)C. The fourth-order valence-corrected chi connectivity index (χ4v) is 10.9. The number of aromatic nitrogens is 2. The molecule has 1 aliphatic carbocycles. The van der Waals surface area contributed by atoms with Gasteiger partial charge in [-0.1, -0.05) is 58.2 Å². The van der Waals surface area contributed by atoms with E-state index in [0.29, 0.717) is 0 Å². The first-order chi connectivity index (χ1) is 10.3. The van der Waals surface area contributed by atoms with E-state index in [9.17, 15) is 4.79 Å². The van der Waals surface area contributed by atoms with E-state index in [-0.39, 0.29) is 5.56 Å². The molecule has 0 radical (unpaired) electrons. The highest BCUT2D eigenvalue weighted by Gasteiger charge is 2.43. The molecule has 1 aliphatic rings. The first kappa shape index (κ1) is 17.5. The van der Waals surface area contributed by atoms with Gasteiger partial charge in [-0.2, -0.15) is 5.10 Å². The summed E-state index contributed by atoms with van der Waals surface area (Å²) in [6.45, 7) is 14.4. The predicted molar refractivity (Wildman–Crippen MR) is 96.3 cm³/mol. The molecule has 4 heteroatoms. The van der Waals surface area contributed by atoms with Crippen molar-refractivity contribution in [3.05, 3.63) is 27.2 Å². The van der Waals surface area contributed by atoms with Crippen LogP contribution in [-0.2, 0) is 18.9 Å². The van der Waals surface area contributed by atoms with Gasteiger partial charge >= 0.3 is 0 Å². The van der Waals surface area contributed by atoms with Crippen molar-refractivity contribution < 1.29 is 0 Å². The smallest absolute Gasteiger partial charge is 0.267 e. The second kappa shape index (κ2) is 6.69. The number of hydrogen-bond acceptors (Lipinski definition) is 2. The number of nitrogens with one attached hydrogen (secondary N) is 1. The van der Waals surface area contributed by atoms with Crippen molar-refractivity contribution in [2.24, 2.45) is 0 Å². The summed E-state index contributed by atoms with van der Waals surface area (Å²) in [6.07, 6.45) is 4.31. The van der Waals surface area contributed by atoms with Gasteiger partial charge in [0.05, 0.1) is 13.8 Å². The number of rotatable bonds is 5. The van der Waals surface area contributed by atoms with Crippen molar-refractivity contribution in [2.75, 3.05) is 0 Å². The Morgan fingerprint density at radius 3 is 1.95 bits per heavy atom. The third kappa shape index (κ3) is 2.94. The normalized spacial score (nSPS) is 15.7. The molecule has 0 unspecified atom stereocenters. The zero-order chi connectivity index (χ0) is 16.5. The fourth-order valence-electron chi connectivity index (χ4n) is 4.78. The van der Waals surface area contributed by atoms with Gasteiger partial charge in [0, 0.05) is 5.56 Å². The molecule has 0 spiro atoms. The maximum atomic E-state index is 12.1. The lowest BCUT2D eigenvalue weighted by atomic mass is 9.92. The molecule has 0 fully saturated rings. The second-order valence-corrected chi connectivity index (χ2v) is 14.0. The van der Waals surface area contributed by atoms with E-state index in [1.165, 1.54) is 17.7 Å². The van der Waals surface area contributed by atoms with E-state index < -0.39 is 8.07 Å². The molecule has 1 aromatic rings. The minimum Gasteiger partial charge on any atom is -0.268 e. The zero-order valence-electron chi connectivity index (χ0n) is 15.1. The number of H-pyrrole nitrogens is 1. The van der Waals surface area contributed by atoms with E-state index in [1.807, 2.05) is 0 Å². The summed E-state index contributed by atoms with van der Waals surface area (Å²) in [6, 6.07) is 1.11. The van der Waals surface area contributed by atoms with Crippen LogP contribution in [0.2, 0.25) is 16.6 Å². The number of nitrogens with zero attached hydrogens (tertiary/aromatic N) is 1. The zero-order valence-corrected chi connectivity index (χ0v) is 16.1. The molecule has 1 N–H and O–H groups in total. The molecule has 22 heavy (non-hydrogen) atoms. The Kier molecular flexibility index (Phi) is 5.31. The molecule has 0 aromatic carbocycles. The van der Waals surface area contributed by atoms with Crippen LogP contribution in [0.3, 0.4) is 0 Å². The third-order valence-electron chi connectivity index (χ3n) is 6.08. The Morgan fingerprint density at radius 2 is 1.45 bits per heavy atom. The molecule has 0 saturated carbocycles. The molecule has 124 valence electrons. The van der Waals surface area contributed by atoms with Crippen molar-refractivity contribution >= 4 is 8.07 Å². The first-order valence-electron chi connectivity index (χ1n) is 8.90. The van der Waals surface area contributed by atoms with Crippen molar-refractivity contribution in [3.63, 3.8) is 0 Å². The van der Waals surface area contributed by atoms with Gasteiger partial charge < -0.3 is 0 Å². The number of fused-ring (bicyclic) bond motifs is 1. The lowest BCUT2D eigenvalue weighted by Crippen LogP contribution is -2.47. The average molecular weight is 321 g/mol. The van der Waals surface area contributed by atoms with Crippen molar-refractivity contribution in [2.45, 2.75) is 89.9 Å². The summed E-state index contributed by atoms with van der Waals surface area (Å²) in [5.41, 5.74) is 5.73. The first-order valence-corrected chi connectivity index (χ1v) is 11.3. The Labute approximate surface area is 135 Å². The maximum absolute atomic E-state index is 12.1. The Morgan fingerprint density at radius 1 is 0.955 bits per heavy atom. The molecule has 0 aliphatic heterocycles. The van der Waals surface area contributed by atoms with Crippen LogP contribution in [0.15, 0.2) is 4.79 Å². The van der Waals surface area contributed by atoms with Crippen molar-refractivity contribution in [3.8, 4) is 0 Å². The van der Waals surface area contributed by atoms with Crippen molar-refractivity contribution in [1.82, 2.24) is 10.2 Å². The van der Waals surface area contributed by atoms with E-state index in [2.05, 4.69) is 51.7 Å². The molecular formula is C18H32N2OSi. The van der Waals surface area contributed by atoms with E-state index >= 15 is 0 Å². The summed E-state index contributed by atoms with van der Waals surface area (Å²) in [5, 5.41) is 7.30. The Hall–Kier alpha value is -0.903. The largest absolute Gasteiger partial charge is 0.268 e.